The Kier molecular flexibility index (Phi) is 4.78. The van der Waals surface area contributed by atoms with E-state index in [0.29, 0.717) is 5.56 Å². The molecular weight excluding hydrogens is 260 g/mol. The average Bonchev–Trinajstić information content (AvgIpc) is 2.25. The first-order chi connectivity index (χ1) is 7.15. The maximum Gasteiger partial charge on any atom is 0.337 e. The first-order valence-corrected chi connectivity index (χ1v) is 5.83. The van der Waals surface area contributed by atoms with E-state index < -0.39 is 12.1 Å². The normalized spacial score (nSPS) is 12.4. The van der Waals surface area contributed by atoms with Crippen molar-refractivity contribution in [3.63, 3.8) is 0 Å². The van der Waals surface area contributed by atoms with Crippen LogP contribution in [-0.4, -0.2) is 21.5 Å². The molecule has 0 heterocycles. The van der Waals surface area contributed by atoms with Crippen molar-refractivity contribution in [2.75, 3.05) is 5.33 Å². The molecule has 0 saturated carbocycles. The molecule has 0 amide bonds. The van der Waals surface area contributed by atoms with E-state index in [1.54, 1.807) is 18.2 Å². The Hall–Kier alpha value is -0.870. The van der Waals surface area contributed by atoms with E-state index >= 15 is 0 Å². The lowest BCUT2D eigenvalue weighted by molar-refractivity contribution is -0.146. The van der Waals surface area contributed by atoms with Crippen LogP contribution in [0.15, 0.2) is 24.3 Å². The second kappa shape index (κ2) is 5.88. The Morgan fingerprint density at radius 2 is 2.20 bits per heavy atom. The molecule has 1 aromatic carbocycles. The van der Waals surface area contributed by atoms with Gasteiger partial charge in [-0.1, -0.05) is 40.2 Å². The smallest absolute Gasteiger partial charge is 0.337 e. The second-order valence-electron chi connectivity index (χ2n) is 3.28. The van der Waals surface area contributed by atoms with Gasteiger partial charge in [-0.15, -0.1) is 0 Å². The van der Waals surface area contributed by atoms with Crippen molar-refractivity contribution in [3.05, 3.63) is 35.4 Å². The number of alkyl halides is 1. The highest BCUT2D eigenvalue weighted by molar-refractivity contribution is 9.09. The van der Waals surface area contributed by atoms with Gasteiger partial charge in [0.2, 0.25) is 0 Å². The number of aliphatic hydroxyl groups excluding tert-OH is 1. The summed E-state index contributed by atoms with van der Waals surface area (Å²) in [6.07, 6.45) is 0.451. The summed E-state index contributed by atoms with van der Waals surface area (Å²) < 4.78 is 0. The fourth-order valence-corrected chi connectivity index (χ4v) is 1.61. The first-order valence-electron chi connectivity index (χ1n) is 4.71. The Bertz CT molecular complexity index is 338. The minimum atomic E-state index is -1.42. The molecule has 2 N–H and O–H groups in total. The van der Waals surface area contributed by atoms with Gasteiger partial charge in [-0.25, -0.2) is 4.79 Å². The SMILES string of the molecule is O=C(O)C(O)c1cccc(CCCBr)c1. The minimum Gasteiger partial charge on any atom is -0.479 e. The number of carbonyl (C=O) groups is 1. The number of aliphatic hydroxyl groups is 1. The largest absolute Gasteiger partial charge is 0.479 e. The Morgan fingerprint density at radius 3 is 2.80 bits per heavy atom. The van der Waals surface area contributed by atoms with E-state index in [2.05, 4.69) is 15.9 Å². The van der Waals surface area contributed by atoms with Crippen LogP contribution in [0, 0.1) is 0 Å². The third-order valence-electron chi connectivity index (χ3n) is 2.10. The van der Waals surface area contributed by atoms with Crippen LogP contribution in [-0.2, 0) is 11.2 Å². The lowest BCUT2D eigenvalue weighted by Gasteiger charge is -2.07. The van der Waals surface area contributed by atoms with E-state index in [0.717, 1.165) is 23.7 Å². The number of hydrogen-bond donors (Lipinski definition) is 2. The van der Waals surface area contributed by atoms with Crippen LogP contribution in [0.1, 0.15) is 23.7 Å². The monoisotopic (exact) mass is 272 g/mol. The standard InChI is InChI=1S/C11H13BrO3/c12-6-2-4-8-3-1-5-9(7-8)10(13)11(14)15/h1,3,5,7,10,13H,2,4,6H2,(H,14,15). The quantitative estimate of drug-likeness (QED) is 0.808. The van der Waals surface area contributed by atoms with Crippen LogP contribution < -0.4 is 0 Å². The zero-order chi connectivity index (χ0) is 11.3. The van der Waals surface area contributed by atoms with Gasteiger partial charge in [0, 0.05) is 5.33 Å². The lowest BCUT2D eigenvalue weighted by atomic mass is 10.0. The number of benzene rings is 1. The highest BCUT2D eigenvalue weighted by Gasteiger charge is 2.15. The Morgan fingerprint density at radius 1 is 1.47 bits per heavy atom. The summed E-state index contributed by atoms with van der Waals surface area (Å²) in [6.45, 7) is 0. The molecule has 1 rings (SSSR count). The van der Waals surface area contributed by atoms with E-state index in [4.69, 9.17) is 5.11 Å². The van der Waals surface area contributed by atoms with Crippen molar-refractivity contribution in [2.24, 2.45) is 0 Å². The maximum atomic E-state index is 10.6. The molecule has 0 aliphatic carbocycles. The molecule has 0 aromatic heterocycles. The van der Waals surface area contributed by atoms with Crippen molar-refractivity contribution in [2.45, 2.75) is 18.9 Å². The predicted octanol–water partition coefficient (Wildman–Crippen LogP) is 2.13. The minimum absolute atomic E-state index is 0.439. The Labute approximate surface area is 96.9 Å². The molecule has 1 unspecified atom stereocenters. The number of rotatable bonds is 5. The maximum absolute atomic E-state index is 10.6. The van der Waals surface area contributed by atoms with Crippen LogP contribution in [0.3, 0.4) is 0 Å². The molecule has 1 aromatic rings. The van der Waals surface area contributed by atoms with Crippen molar-refractivity contribution in [1.29, 1.82) is 0 Å². The van der Waals surface area contributed by atoms with Crippen LogP contribution in [0.2, 0.25) is 0 Å². The molecule has 0 aliphatic heterocycles. The zero-order valence-electron chi connectivity index (χ0n) is 8.19. The fourth-order valence-electron chi connectivity index (χ4n) is 1.33. The number of carboxylic acid groups (broad SMARTS) is 1. The third kappa shape index (κ3) is 3.64. The Balaban J connectivity index is 2.77. The number of carboxylic acids is 1. The summed E-state index contributed by atoms with van der Waals surface area (Å²) in [5, 5.41) is 18.9. The van der Waals surface area contributed by atoms with Crippen LogP contribution in [0.5, 0.6) is 0 Å². The fraction of sp³-hybridized carbons (Fsp3) is 0.364. The number of hydrogen-bond acceptors (Lipinski definition) is 2. The van der Waals surface area contributed by atoms with Crippen LogP contribution in [0.4, 0.5) is 0 Å². The molecule has 15 heavy (non-hydrogen) atoms. The third-order valence-corrected chi connectivity index (χ3v) is 2.66. The van der Waals surface area contributed by atoms with Gasteiger partial charge in [-0.05, 0) is 24.0 Å². The topological polar surface area (TPSA) is 57.5 Å². The van der Waals surface area contributed by atoms with Gasteiger partial charge < -0.3 is 10.2 Å². The molecule has 0 radical (unpaired) electrons. The van der Waals surface area contributed by atoms with Crippen molar-refractivity contribution >= 4 is 21.9 Å². The molecule has 1 atom stereocenters. The highest BCUT2D eigenvalue weighted by Crippen LogP contribution is 2.15. The number of aliphatic carboxylic acids is 1. The van der Waals surface area contributed by atoms with Crippen molar-refractivity contribution in [3.8, 4) is 0 Å². The molecule has 82 valence electrons. The van der Waals surface area contributed by atoms with Gasteiger partial charge in [0.05, 0.1) is 0 Å². The van der Waals surface area contributed by atoms with E-state index in [1.807, 2.05) is 6.07 Å². The van der Waals surface area contributed by atoms with Crippen molar-refractivity contribution in [1.82, 2.24) is 0 Å². The van der Waals surface area contributed by atoms with Gasteiger partial charge in [0.25, 0.3) is 0 Å². The molecule has 0 spiro atoms. The number of halogens is 1. The highest BCUT2D eigenvalue weighted by atomic mass is 79.9. The average molecular weight is 273 g/mol. The molecule has 0 saturated heterocycles. The van der Waals surface area contributed by atoms with Gasteiger partial charge in [0.1, 0.15) is 0 Å². The molecule has 4 heteroatoms. The molecule has 3 nitrogen and oxygen atoms in total. The van der Waals surface area contributed by atoms with Gasteiger partial charge in [0.15, 0.2) is 6.10 Å². The van der Waals surface area contributed by atoms with Crippen LogP contribution >= 0.6 is 15.9 Å². The predicted molar refractivity (Wildman–Crippen MR) is 61.2 cm³/mol. The molecular formula is C11H13BrO3. The van der Waals surface area contributed by atoms with E-state index in [1.165, 1.54) is 0 Å². The van der Waals surface area contributed by atoms with E-state index in [-0.39, 0.29) is 0 Å². The van der Waals surface area contributed by atoms with Gasteiger partial charge >= 0.3 is 5.97 Å². The second-order valence-corrected chi connectivity index (χ2v) is 4.07. The summed E-state index contributed by atoms with van der Waals surface area (Å²) in [6, 6.07) is 7.06. The van der Waals surface area contributed by atoms with Gasteiger partial charge in [-0.3, -0.25) is 0 Å². The van der Waals surface area contributed by atoms with Crippen LogP contribution in [0.25, 0.3) is 0 Å². The van der Waals surface area contributed by atoms with E-state index in [9.17, 15) is 9.90 Å². The zero-order valence-corrected chi connectivity index (χ0v) is 9.77. The van der Waals surface area contributed by atoms with Gasteiger partial charge in [-0.2, -0.15) is 0 Å². The summed E-state index contributed by atoms with van der Waals surface area (Å²) in [4.78, 5) is 10.6. The summed E-state index contributed by atoms with van der Waals surface area (Å²) in [7, 11) is 0. The first kappa shape index (κ1) is 12.2. The molecule has 0 aliphatic rings. The number of aryl methyl sites for hydroxylation is 1. The molecule has 0 bridgehead atoms. The van der Waals surface area contributed by atoms with Crippen molar-refractivity contribution < 1.29 is 15.0 Å². The molecule has 0 fully saturated rings. The summed E-state index contributed by atoms with van der Waals surface area (Å²) in [5.74, 6) is -1.22. The summed E-state index contributed by atoms with van der Waals surface area (Å²) in [5.41, 5.74) is 1.49. The lowest BCUT2D eigenvalue weighted by Crippen LogP contribution is -2.10. The summed E-state index contributed by atoms with van der Waals surface area (Å²) >= 11 is 3.33.